The molecule has 0 aliphatic heterocycles. The molecule has 0 bridgehead atoms. The number of thiophene rings is 1. The topological polar surface area (TPSA) is 67.1 Å². The van der Waals surface area contributed by atoms with E-state index in [2.05, 4.69) is 50.3 Å². The van der Waals surface area contributed by atoms with Gasteiger partial charge in [0.2, 0.25) is 0 Å². The van der Waals surface area contributed by atoms with E-state index in [9.17, 15) is 0 Å². The highest BCUT2D eigenvalue weighted by atomic mass is 127. The zero-order chi connectivity index (χ0) is 16.2. The number of aliphatic imine (C=N–C) groups is 1. The molecule has 0 amide bonds. The van der Waals surface area contributed by atoms with Crippen LogP contribution in [0, 0.1) is 12.8 Å². The Balaban J connectivity index is 0.00000208. The summed E-state index contributed by atoms with van der Waals surface area (Å²) < 4.78 is 1.98. The number of nitrogens with one attached hydrogen (secondary N) is 2. The van der Waals surface area contributed by atoms with Crippen LogP contribution in [0.25, 0.3) is 0 Å². The number of aryl methyl sites for hydroxylation is 1. The van der Waals surface area contributed by atoms with Crippen molar-refractivity contribution in [1.82, 2.24) is 25.4 Å². The predicted molar refractivity (Wildman–Crippen MR) is 109 cm³/mol. The van der Waals surface area contributed by atoms with Gasteiger partial charge in [0.1, 0.15) is 12.4 Å². The average Bonchev–Trinajstić information content (AvgIpc) is 2.91. The van der Waals surface area contributed by atoms with Crippen molar-refractivity contribution in [1.29, 1.82) is 0 Å². The minimum absolute atomic E-state index is 0. The van der Waals surface area contributed by atoms with Crippen LogP contribution >= 0.6 is 35.3 Å². The molecule has 3 rings (SSSR count). The molecule has 2 N–H and O–H groups in total. The van der Waals surface area contributed by atoms with Gasteiger partial charge in [-0.2, -0.15) is 0 Å². The van der Waals surface area contributed by atoms with Crippen LogP contribution in [0.15, 0.2) is 22.5 Å². The third-order valence-electron chi connectivity index (χ3n) is 4.24. The molecule has 0 saturated heterocycles. The van der Waals surface area contributed by atoms with Crippen molar-refractivity contribution in [3.05, 3.63) is 34.0 Å². The first-order valence-electron chi connectivity index (χ1n) is 8.05. The van der Waals surface area contributed by atoms with Gasteiger partial charge in [-0.1, -0.05) is 13.0 Å². The van der Waals surface area contributed by atoms with Crippen molar-refractivity contribution in [3.8, 4) is 0 Å². The fraction of sp³-hybridized carbons (Fsp3) is 0.562. The number of rotatable bonds is 6. The third kappa shape index (κ3) is 5.17. The molecule has 2 aromatic heterocycles. The Kier molecular flexibility index (Phi) is 7.02. The summed E-state index contributed by atoms with van der Waals surface area (Å²) in [6.45, 7) is 5.62. The Morgan fingerprint density at radius 2 is 2.25 bits per heavy atom. The first kappa shape index (κ1) is 19.2. The van der Waals surface area contributed by atoms with Gasteiger partial charge in [0.05, 0.1) is 0 Å². The predicted octanol–water partition coefficient (Wildman–Crippen LogP) is 2.49. The van der Waals surface area contributed by atoms with Crippen LogP contribution in [-0.4, -0.2) is 33.3 Å². The molecule has 2 atom stereocenters. The van der Waals surface area contributed by atoms with Crippen LogP contribution in [0.1, 0.15) is 29.9 Å². The summed E-state index contributed by atoms with van der Waals surface area (Å²) in [5.41, 5.74) is 0. The lowest BCUT2D eigenvalue weighted by atomic mass is 10.3. The van der Waals surface area contributed by atoms with Gasteiger partial charge < -0.3 is 15.2 Å². The number of hydrogen-bond donors (Lipinski definition) is 2. The lowest BCUT2D eigenvalue weighted by Gasteiger charge is -2.12. The van der Waals surface area contributed by atoms with Crippen LogP contribution in [-0.2, 0) is 20.0 Å². The molecule has 2 heterocycles. The maximum Gasteiger partial charge on any atom is 0.191 e. The monoisotopic (exact) mass is 460 g/mol. The smallest absolute Gasteiger partial charge is 0.191 e. The van der Waals surface area contributed by atoms with Gasteiger partial charge >= 0.3 is 0 Å². The first-order chi connectivity index (χ1) is 11.1. The molecular weight excluding hydrogens is 435 g/mol. The Labute approximate surface area is 164 Å². The molecule has 0 radical (unpaired) electrons. The number of aromatic nitrogens is 3. The highest BCUT2D eigenvalue weighted by Crippen LogP contribution is 2.28. The summed E-state index contributed by atoms with van der Waals surface area (Å²) in [5.74, 6) is 3.39. The van der Waals surface area contributed by atoms with E-state index >= 15 is 0 Å². The highest BCUT2D eigenvalue weighted by Gasteiger charge is 2.33. The van der Waals surface area contributed by atoms with Crippen molar-refractivity contribution in [2.45, 2.75) is 39.3 Å². The summed E-state index contributed by atoms with van der Waals surface area (Å²) in [6, 6.07) is 4.81. The second-order valence-electron chi connectivity index (χ2n) is 6.11. The number of halogens is 1. The Morgan fingerprint density at radius 1 is 1.46 bits per heavy atom. The van der Waals surface area contributed by atoms with E-state index in [1.165, 1.54) is 11.3 Å². The molecule has 24 heavy (non-hydrogen) atoms. The average molecular weight is 460 g/mol. The van der Waals surface area contributed by atoms with E-state index in [0.29, 0.717) is 12.6 Å². The standard InChI is InChI=1S/C16H24N6S.HI/c1-11-9-14(11)19-16(17-7-6-13-5-4-8-23-13)18-10-15-21-20-12(2)22(15)3;/h4-5,8,11,14H,6-7,9-10H2,1-3H3,(H2,17,18,19);1H. The molecule has 6 nitrogen and oxygen atoms in total. The normalized spacial score (nSPS) is 19.7. The summed E-state index contributed by atoms with van der Waals surface area (Å²) in [6.07, 6.45) is 2.23. The molecule has 1 aliphatic carbocycles. The van der Waals surface area contributed by atoms with Crippen molar-refractivity contribution in [2.75, 3.05) is 6.54 Å². The molecule has 2 unspecified atom stereocenters. The molecular formula is C16H25IN6S. The Bertz CT molecular complexity index is 666. The maximum atomic E-state index is 4.68. The largest absolute Gasteiger partial charge is 0.356 e. The second-order valence-corrected chi connectivity index (χ2v) is 7.14. The molecule has 1 saturated carbocycles. The minimum atomic E-state index is 0. The van der Waals surface area contributed by atoms with Gasteiger partial charge in [0, 0.05) is 24.5 Å². The summed E-state index contributed by atoms with van der Waals surface area (Å²) in [5, 5.41) is 17.3. The van der Waals surface area contributed by atoms with E-state index in [1.54, 1.807) is 11.3 Å². The van der Waals surface area contributed by atoms with Crippen LogP contribution in [0.2, 0.25) is 0 Å². The number of guanidine groups is 1. The number of hydrogen-bond acceptors (Lipinski definition) is 4. The van der Waals surface area contributed by atoms with Crippen LogP contribution in [0.5, 0.6) is 0 Å². The molecule has 132 valence electrons. The van der Waals surface area contributed by atoms with E-state index in [-0.39, 0.29) is 24.0 Å². The first-order valence-corrected chi connectivity index (χ1v) is 8.93. The maximum absolute atomic E-state index is 4.68. The van der Waals surface area contributed by atoms with Gasteiger partial charge in [-0.05, 0) is 37.1 Å². The van der Waals surface area contributed by atoms with Crippen molar-refractivity contribution in [2.24, 2.45) is 18.0 Å². The van der Waals surface area contributed by atoms with Gasteiger partial charge in [-0.25, -0.2) is 4.99 Å². The summed E-state index contributed by atoms with van der Waals surface area (Å²) in [7, 11) is 1.97. The van der Waals surface area contributed by atoms with Gasteiger partial charge in [0.15, 0.2) is 11.8 Å². The van der Waals surface area contributed by atoms with E-state index in [4.69, 9.17) is 0 Å². The van der Waals surface area contributed by atoms with Crippen molar-refractivity contribution >= 4 is 41.3 Å². The molecule has 8 heteroatoms. The van der Waals surface area contributed by atoms with E-state index in [1.807, 2.05) is 18.5 Å². The molecule has 0 aromatic carbocycles. The zero-order valence-corrected chi connectivity index (χ0v) is 17.5. The van der Waals surface area contributed by atoms with E-state index < -0.39 is 0 Å². The molecule has 2 aromatic rings. The van der Waals surface area contributed by atoms with E-state index in [0.717, 1.165) is 36.5 Å². The highest BCUT2D eigenvalue weighted by molar-refractivity contribution is 14.0. The van der Waals surface area contributed by atoms with Crippen LogP contribution < -0.4 is 10.6 Å². The Hall–Kier alpha value is -1.16. The molecule has 0 spiro atoms. The molecule has 1 fully saturated rings. The van der Waals surface area contributed by atoms with Gasteiger partial charge in [-0.3, -0.25) is 0 Å². The SMILES string of the molecule is Cc1nnc(CN=C(NCCc2cccs2)NC2CC2C)n1C.I. The second kappa shape index (κ2) is 8.80. The zero-order valence-electron chi connectivity index (χ0n) is 14.3. The fourth-order valence-corrected chi connectivity index (χ4v) is 3.06. The van der Waals surface area contributed by atoms with Gasteiger partial charge in [-0.15, -0.1) is 45.5 Å². The van der Waals surface area contributed by atoms with Crippen molar-refractivity contribution in [3.63, 3.8) is 0 Å². The van der Waals surface area contributed by atoms with Crippen LogP contribution in [0.3, 0.4) is 0 Å². The van der Waals surface area contributed by atoms with Crippen LogP contribution in [0.4, 0.5) is 0 Å². The molecule has 1 aliphatic rings. The summed E-state index contributed by atoms with van der Waals surface area (Å²) in [4.78, 5) is 6.07. The quantitative estimate of drug-likeness (QED) is 0.395. The summed E-state index contributed by atoms with van der Waals surface area (Å²) >= 11 is 1.79. The van der Waals surface area contributed by atoms with Crippen molar-refractivity contribution < 1.29 is 0 Å². The lowest BCUT2D eigenvalue weighted by Crippen LogP contribution is -2.40. The minimum Gasteiger partial charge on any atom is -0.356 e. The lowest BCUT2D eigenvalue weighted by molar-refractivity contribution is 0.733. The van der Waals surface area contributed by atoms with Gasteiger partial charge in [0.25, 0.3) is 0 Å². The number of nitrogens with zero attached hydrogens (tertiary/aromatic N) is 4. The fourth-order valence-electron chi connectivity index (χ4n) is 2.35. The third-order valence-corrected chi connectivity index (χ3v) is 5.17. The Morgan fingerprint density at radius 3 is 2.83 bits per heavy atom.